The molecule has 0 aliphatic rings. The van der Waals surface area contributed by atoms with Crippen LogP contribution in [0.1, 0.15) is 31.8 Å². The Morgan fingerprint density at radius 3 is 2.23 bits per heavy atom. The molecule has 0 radical (unpaired) electrons. The number of methoxy groups -OCH3 is 1. The van der Waals surface area contributed by atoms with E-state index in [1.54, 1.807) is 55.6 Å². The number of hydrogen-bond acceptors (Lipinski definition) is 4. The summed E-state index contributed by atoms with van der Waals surface area (Å²) in [4.78, 5) is 24.8. The van der Waals surface area contributed by atoms with Crippen LogP contribution in [0.2, 0.25) is 0 Å². The largest absolute Gasteiger partial charge is 0.496 e. The number of benzene rings is 3. The number of ether oxygens (including phenoxy) is 1. The van der Waals surface area contributed by atoms with Crippen molar-refractivity contribution in [3.8, 4) is 11.8 Å². The molecule has 3 aromatic carbocycles. The fourth-order valence-electron chi connectivity index (χ4n) is 2.98. The molecule has 0 bridgehead atoms. The highest BCUT2D eigenvalue weighted by molar-refractivity contribution is 6.05. The molecular formula is C24H21N3O3. The second kappa shape index (κ2) is 9.89. The normalized spacial score (nSPS) is 10.0. The molecule has 6 nitrogen and oxygen atoms in total. The molecule has 0 atom stereocenters. The van der Waals surface area contributed by atoms with Gasteiger partial charge >= 0.3 is 0 Å². The summed E-state index contributed by atoms with van der Waals surface area (Å²) in [5.41, 5.74) is 2.71. The Morgan fingerprint density at radius 1 is 0.900 bits per heavy atom. The van der Waals surface area contributed by atoms with Crippen LogP contribution in [0, 0.1) is 11.3 Å². The van der Waals surface area contributed by atoms with E-state index in [-0.39, 0.29) is 11.8 Å². The lowest BCUT2D eigenvalue weighted by Crippen LogP contribution is -2.25. The molecule has 0 aromatic heterocycles. The molecule has 0 spiro atoms. The number of carbonyl (C=O) groups excluding carboxylic acids is 2. The van der Waals surface area contributed by atoms with Crippen LogP contribution in [-0.4, -0.2) is 25.5 Å². The standard InChI is InChI=1S/C24H21N3O3/c1-30-22-9-5-3-6-17(22)14-15-26-23(28)18-10-12-19(13-11-18)24(29)27-21-8-4-2-7-20(21)16-25/h2-13H,14-15H2,1H3,(H,26,28)(H,27,29). The average Bonchev–Trinajstić information content (AvgIpc) is 2.79. The predicted molar refractivity (Wildman–Crippen MR) is 115 cm³/mol. The third-order valence-corrected chi connectivity index (χ3v) is 4.58. The second-order valence-corrected chi connectivity index (χ2v) is 6.51. The van der Waals surface area contributed by atoms with Crippen LogP contribution < -0.4 is 15.4 Å². The molecule has 0 unspecified atom stereocenters. The van der Waals surface area contributed by atoms with E-state index in [4.69, 9.17) is 10.00 Å². The van der Waals surface area contributed by atoms with E-state index in [0.717, 1.165) is 11.3 Å². The van der Waals surface area contributed by atoms with Gasteiger partial charge in [-0.3, -0.25) is 9.59 Å². The second-order valence-electron chi connectivity index (χ2n) is 6.51. The Morgan fingerprint density at radius 2 is 1.53 bits per heavy atom. The minimum atomic E-state index is -0.346. The summed E-state index contributed by atoms with van der Waals surface area (Å²) in [6, 6.07) is 22.9. The molecule has 0 saturated carbocycles. The number of nitriles is 1. The van der Waals surface area contributed by atoms with Crippen molar-refractivity contribution < 1.29 is 14.3 Å². The zero-order valence-electron chi connectivity index (χ0n) is 16.5. The number of anilines is 1. The zero-order valence-corrected chi connectivity index (χ0v) is 16.5. The summed E-state index contributed by atoms with van der Waals surface area (Å²) in [6.07, 6.45) is 0.647. The minimum Gasteiger partial charge on any atom is -0.496 e. The molecule has 0 saturated heterocycles. The lowest BCUT2D eigenvalue weighted by Gasteiger charge is -2.10. The monoisotopic (exact) mass is 399 g/mol. The van der Waals surface area contributed by atoms with E-state index in [1.807, 2.05) is 30.3 Å². The van der Waals surface area contributed by atoms with Crippen molar-refractivity contribution in [3.05, 3.63) is 95.1 Å². The van der Waals surface area contributed by atoms with E-state index in [9.17, 15) is 9.59 Å². The van der Waals surface area contributed by atoms with Crippen molar-refractivity contribution in [2.24, 2.45) is 0 Å². The first-order chi connectivity index (χ1) is 14.6. The van der Waals surface area contributed by atoms with Gasteiger partial charge < -0.3 is 15.4 Å². The molecule has 0 fully saturated rings. The molecular weight excluding hydrogens is 378 g/mol. The van der Waals surface area contributed by atoms with Crippen molar-refractivity contribution in [2.75, 3.05) is 19.0 Å². The Kier molecular flexibility index (Phi) is 6.80. The van der Waals surface area contributed by atoms with Crippen molar-refractivity contribution in [3.63, 3.8) is 0 Å². The van der Waals surface area contributed by atoms with E-state index < -0.39 is 0 Å². The summed E-state index contributed by atoms with van der Waals surface area (Å²) in [5.74, 6) is 0.229. The Bertz CT molecular complexity index is 1090. The maximum Gasteiger partial charge on any atom is 0.255 e. The third-order valence-electron chi connectivity index (χ3n) is 4.58. The summed E-state index contributed by atoms with van der Waals surface area (Å²) in [5, 5.41) is 14.7. The smallest absolute Gasteiger partial charge is 0.255 e. The zero-order chi connectivity index (χ0) is 21.3. The Labute approximate surface area is 175 Å². The van der Waals surface area contributed by atoms with E-state index >= 15 is 0 Å². The van der Waals surface area contributed by atoms with E-state index in [1.165, 1.54) is 0 Å². The first-order valence-corrected chi connectivity index (χ1v) is 9.43. The summed E-state index contributed by atoms with van der Waals surface area (Å²) in [7, 11) is 1.62. The van der Waals surface area contributed by atoms with Crippen molar-refractivity contribution >= 4 is 17.5 Å². The van der Waals surface area contributed by atoms with Crippen molar-refractivity contribution in [2.45, 2.75) is 6.42 Å². The highest BCUT2D eigenvalue weighted by atomic mass is 16.5. The average molecular weight is 399 g/mol. The van der Waals surface area contributed by atoms with Gasteiger partial charge in [0.15, 0.2) is 0 Å². The molecule has 0 heterocycles. The summed E-state index contributed by atoms with van der Waals surface area (Å²) >= 11 is 0. The number of para-hydroxylation sites is 2. The lowest BCUT2D eigenvalue weighted by atomic mass is 10.1. The maximum atomic E-state index is 12.4. The third kappa shape index (κ3) is 5.03. The van der Waals surface area contributed by atoms with Gasteiger partial charge in [-0.1, -0.05) is 30.3 Å². The first-order valence-electron chi connectivity index (χ1n) is 9.43. The summed E-state index contributed by atoms with van der Waals surface area (Å²) in [6.45, 7) is 0.465. The Hall–Kier alpha value is -4.11. The molecule has 0 aliphatic heterocycles. The van der Waals surface area contributed by atoms with Gasteiger partial charge in [-0.2, -0.15) is 5.26 Å². The molecule has 0 aliphatic carbocycles. The van der Waals surface area contributed by atoms with Gasteiger partial charge in [-0.25, -0.2) is 0 Å². The maximum absolute atomic E-state index is 12.4. The van der Waals surface area contributed by atoms with Crippen LogP contribution in [0.5, 0.6) is 5.75 Å². The van der Waals surface area contributed by atoms with Gasteiger partial charge in [-0.15, -0.1) is 0 Å². The first kappa shape index (κ1) is 20.6. The summed E-state index contributed by atoms with van der Waals surface area (Å²) < 4.78 is 5.31. The number of rotatable bonds is 7. The highest BCUT2D eigenvalue weighted by Crippen LogP contribution is 2.17. The fraction of sp³-hybridized carbons (Fsp3) is 0.125. The van der Waals surface area contributed by atoms with Gasteiger partial charge in [-0.05, 0) is 54.4 Å². The van der Waals surface area contributed by atoms with E-state index in [0.29, 0.717) is 35.3 Å². The van der Waals surface area contributed by atoms with Crippen molar-refractivity contribution in [1.82, 2.24) is 5.32 Å². The molecule has 6 heteroatoms. The van der Waals surface area contributed by atoms with Gasteiger partial charge in [0.2, 0.25) is 0 Å². The number of hydrogen-bond donors (Lipinski definition) is 2. The SMILES string of the molecule is COc1ccccc1CCNC(=O)c1ccc(C(=O)Nc2ccccc2C#N)cc1. The molecule has 150 valence electrons. The molecule has 2 amide bonds. The van der Waals surface area contributed by atoms with Gasteiger partial charge in [0.05, 0.1) is 18.4 Å². The van der Waals surface area contributed by atoms with Crippen LogP contribution in [0.3, 0.4) is 0 Å². The molecule has 3 aromatic rings. The molecule has 3 rings (SSSR count). The fourth-order valence-corrected chi connectivity index (χ4v) is 2.98. The van der Waals surface area contributed by atoms with Gasteiger partial charge in [0.25, 0.3) is 11.8 Å². The number of nitrogens with one attached hydrogen (secondary N) is 2. The number of nitrogens with zero attached hydrogens (tertiary/aromatic N) is 1. The topological polar surface area (TPSA) is 91.2 Å². The van der Waals surface area contributed by atoms with Crippen molar-refractivity contribution in [1.29, 1.82) is 5.26 Å². The number of amides is 2. The molecule has 30 heavy (non-hydrogen) atoms. The van der Waals surface area contributed by atoms with Crippen LogP contribution in [0.4, 0.5) is 5.69 Å². The van der Waals surface area contributed by atoms with Crippen LogP contribution >= 0.6 is 0 Å². The highest BCUT2D eigenvalue weighted by Gasteiger charge is 2.11. The van der Waals surface area contributed by atoms with Gasteiger partial charge in [0.1, 0.15) is 11.8 Å². The lowest BCUT2D eigenvalue weighted by molar-refractivity contribution is 0.0952. The van der Waals surface area contributed by atoms with Gasteiger partial charge in [0, 0.05) is 17.7 Å². The van der Waals surface area contributed by atoms with Crippen LogP contribution in [0.15, 0.2) is 72.8 Å². The minimum absolute atomic E-state index is 0.216. The quantitative estimate of drug-likeness (QED) is 0.632. The van der Waals surface area contributed by atoms with Crippen LogP contribution in [-0.2, 0) is 6.42 Å². The number of carbonyl (C=O) groups is 2. The predicted octanol–water partition coefficient (Wildman–Crippen LogP) is 3.79. The van der Waals surface area contributed by atoms with E-state index in [2.05, 4.69) is 10.6 Å². The Balaban J connectivity index is 1.57. The van der Waals surface area contributed by atoms with Crippen LogP contribution in [0.25, 0.3) is 0 Å². The molecule has 2 N–H and O–H groups in total.